The van der Waals surface area contributed by atoms with Crippen LogP contribution in [0.4, 0.5) is 0 Å². The minimum absolute atomic E-state index is 0.0447. The third-order valence-electron chi connectivity index (χ3n) is 6.22. The van der Waals surface area contributed by atoms with Crippen LogP contribution in [0.2, 0.25) is 0 Å². The van der Waals surface area contributed by atoms with Crippen molar-refractivity contribution in [1.82, 2.24) is 15.2 Å². The predicted octanol–water partition coefficient (Wildman–Crippen LogP) is 4.40. The fourth-order valence-corrected chi connectivity index (χ4v) is 4.52. The van der Waals surface area contributed by atoms with Crippen LogP contribution in [0.3, 0.4) is 0 Å². The number of pyridine rings is 1. The lowest BCUT2D eigenvalue weighted by Gasteiger charge is -2.36. The summed E-state index contributed by atoms with van der Waals surface area (Å²) in [5, 5.41) is 3.29. The van der Waals surface area contributed by atoms with Gasteiger partial charge in [0.25, 0.3) is 0 Å². The molecule has 1 atom stereocenters. The van der Waals surface area contributed by atoms with E-state index in [1.165, 1.54) is 5.56 Å². The van der Waals surface area contributed by atoms with E-state index in [1.54, 1.807) is 7.11 Å². The third-order valence-corrected chi connectivity index (χ3v) is 6.22. The standard InChI is InChI=1S/C27H31N3O2/c1-32-25-13-6-5-11-23(25)20-30-17-14-22(15-18-30)27(24-12-7-8-16-28-24)29-26(31)19-21-9-3-2-4-10-21/h2-13,16,22,27H,14-15,17-20H2,1H3,(H,29,31). The molecule has 5 nitrogen and oxygen atoms in total. The van der Waals surface area contributed by atoms with Crippen LogP contribution < -0.4 is 10.1 Å². The Morgan fingerprint density at radius 2 is 1.75 bits per heavy atom. The fraction of sp³-hybridized carbons (Fsp3) is 0.333. The summed E-state index contributed by atoms with van der Waals surface area (Å²) in [6.07, 6.45) is 4.23. The van der Waals surface area contributed by atoms with Crippen molar-refractivity contribution in [2.75, 3.05) is 20.2 Å². The summed E-state index contributed by atoms with van der Waals surface area (Å²) in [6, 6.07) is 24.0. The van der Waals surface area contributed by atoms with Crippen LogP contribution in [0.1, 0.15) is 35.7 Å². The molecule has 1 aliphatic rings. The maximum Gasteiger partial charge on any atom is 0.224 e. The molecule has 2 aromatic carbocycles. The SMILES string of the molecule is COc1ccccc1CN1CCC(C(NC(=O)Cc2ccccc2)c2ccccn2)CC1. The van der Waals surface area contributed by atoms with Gasteiger partial charge in [-0.15, -0.1) is 0 Å². The molecule has 2 heterocycles. The van der Waals surface area contributed by atoms with E-state index in [-0.39, 0.29) is 11.9 Å². The van der Waals surface area contributed by atoms with Gasteiger partial charge >= 0.3 is 0 Å². The van der Waals surface area contributed by atoms with Crippen molar-refractivity contribution in [2.45, 2.75) is 31.8 Å². The molecule has 1 aromatic heterocycles. The highest BCUT2D eigenvalue weighted by Gasteiger charge is 2.30. The number of carbonyl (C=O) groups is 1. The minimum Gasteiger partial charge on any atom is -0.496 e. The molecule has 166 valence electrons. The van der Waals surface area contributed by atoms with Gasteiger partial charge in [0.1, 0.15) is 5.75 Å². The van der Waals surface area contributed by atoms with E-state index in [1.807, 2.05) is 66.9 Å². The van der Waals surface area contributed by atoms with Crippen LogP contribution in [-0.2, 0) is 17.8 Å². The average molecular weight is 430 g/mol. The molecule has 1 unspecified atom stereocenters. The monoisotopic (exact) mass is 429 g/mol. The highest BCUT2D eigenvalue weighted by atomic mass is 16.5. The molecule has 1 N–H and O–H groups in total. The maximum atomic E-state index is 12.9. The Hall–Kier alpha value is -3.18. The lowest BCUT2D eigenvalue weighted by molar-refractivity contribution is -0.121. The first kappa shape index (κ1) is 22.0. The first-order valence-corrected chi connectivity index (χ1v) is 11.3. The molecule has 1 saturated heterocycles. The lowest BCUT2D eigenvalue weighted by atomic mass is 9.87. The molecule has 1 fully saturated rings. The molecular formula is C27H31N3O2. The summed E-state index contributed by atoms with van der Waals surface area (Å²) >= 11 is 0. The second-order valence-corrected chi connectivity index (χ2v) is 8.39. The number of nitrogens with zero attached hydrogens (tertiary/aromatic N) is 2. The first-order valence-electron chi connectivity index (χ1n) is 11.3. The summed E-state index contributed by atoms with van der Waals surface area (Å²) < 4.78 is 5.51. The number of para-hydroxylation sites is 1. The molecule has 0 saturated carbocycles. The number of aromatic nitrogens is 1. The van der Waals surface area contributed by atoms with Crippen LogP contribution in [0, 0.1) is 5.92 Å². The quantitative estimate of drug-likeness (QED) is 0.577. The lowest BCUT2D eigenvalue weighted by Crippen LogP contribution is -2.41. The number of piperidine rings is 1. The highest BCUT2D eigenvalue weighted by molar-refractivity contribution is 5.79. The van der Waals surface area contributed by atoms with E-state index in [0.29, 0.717) is 12.3 Å². The molecule has 1 aliphatic heterocycles. The molecule has 0 bridgehead atoms. The smallest absolute Gasteiger partial charge is 0.224 e. The molecule has 0 spiro atoms. The van der Waals surface area contributed by atoms with Gasteiger partial charge in [0.15, 0.2) is 0 Å². The van der Waals surface area contributed by atoms with E-state index in [2.05, 4.69) is 27.3 Å². The van der Waals surface area contributed by atoms with Crippen LogP contribution in [0.25, 0.3) is 0 Å². The normalized spacial score (nSPS) is 15.8. The molecule has 0 aliphatic carbocycles. The van der Waals surface area contributed by atoms with Crippen LogP contribution >= 0.6 is 0 Å². The second kappa shape index (κ2) is 10.9. The van der Waals surface area contributed by atoms with Crippen LogP contribution in [0.5, 0.6) is 5.75 Å². The fourth-order valence-electron chi connectivity index (χ4n) is 4.52. The van der Waals surface area contributed by atoms with Gasteiger partial charge in [-0.3, -0.25) is 14.7 Å². The molecule has 0 radical (unpaired) electrons. The van der Waals surface area contributed by atoms with Gasteiger partial charge in [0.05, 0.1) is 25.3 Å². The largest absolute Gasteiger partial charge is 0.496 e. The Bertz CT molecular complexity index is 986. The average Bonchev–Trinajstić information content (AvgIpc) is 2.85. The number of amides is 1. The summed E-state index contributed by atoms with van der Waals surface area (Å²) in [5.41, 5.74) is 3.18. The van der Waals surface area contributed by atoms with Gasteiger partial charge in [-0.1, -0.05) is 54.6 Å². The van der Waals surface area contributed by atoms with E-state index < -0.39 is 0 Å². The number of rotatable bonds is 8. The molecule has 5 heteroatoms. The van der Waals surface area contributed by atoms with Gasteiger partial charge in [-0.05, 0) is 55.6 Å². The number of ether oxygens (including phenoxy) is 1. The van der Waals surface area contributed by atoms with Crippen molar-refractivity contribution in [3.8, 4) is 5.75 Å². The highest BCUT2D eigenvalue weighted by Crippen LogP contribution is 2.31. The van der Waals surface area contributed by atoms with Crippen molar-refractivity contribution in [2.24, 2.45) is 5.92 Å². The Morgan fingerprint density at radius 1 is 1.03 bits per heavy atom. The molecule has 4 rings (SSSR count). The number of likely N-dealkylation sites (tertiary alicyclic amines) is 1. The van der Waals surface area contributed by atoms with Crippen molar-refractivity contribution < 1.29 is 9.53 Å². The summed E-state index contributed by atoms with van der Waals surface area (Å²) in [5.74, 6) is 1.34. The van der Waals surface area contributed by atoms with Crippen LogP contribution in [-0.4, -0.2) is 36.0 Å². The Labute approximate surface area is 190 Å². The van der Waals surface area contributed by atoms with Crippen molar-refractivity contribution >= 4 is 5.91 Å². The number of benzene rings is 2. The molecular weight excluding hydrogens is 398 g/mol. The van der Waals surface area contributed by atoms with Gasteiger partial charge in [0, 0.05) is 18.3 Å². The van der Waals surface area contributed by atoms with E-state index in [4.69, 9.17) is 4.74 Å². The van der Waals surface area contributed by atoms with Crippen molar-refractivity contribution in [1.29, 1.82) is 0 Å². The summed E-state index contributed by atoms with van der Waals surface area (Å²) in [6.45, 7) is 2.85. The molecule has 32 heavy (non-hydrogen) atoms. The maximum absolute atomic E-state index is 12.9. The number of carbonyl (C=O) groups excluding carboxylic acids is 1. The second-order valence-electron chi connectivity index (χ2n) is 8.39. The summed E-state index contributed by atoms with van der Waals surface area (Å²) in [4.78, 5) is 19.9. The minimum atomic E-state index is -0.0687. The van der Waals surface area contributed by atoms with Crippen LogP contribution in [0.15, 0.2) is 79.0 Å². The zero-order valence-corrected chi connectivity index (χ0v) is 18.6. The molecule has 1 amide bonds. The van der Waals surface area contributed by atoms with E-state index in [0.717, 1.165) is 49.5 Å². The van der Waals surface area contributed by atoms with Crippen molar-refractivity contribution in [3.05, 3.63) is 95.8 Å². The third kappa shape index (κ3) is 5.74. The number of methoxy groups -OCH3 is 1. The van der Waals surface area contributed by atoms with Gasteiger partial charge < -0.3 is 10.1 Å². The Balaban J connectivity index is 1.40. The van der Waals surface area contributed by atoms with Crippen molar-refractivity contribution in [3.63, 3.8) is 0 Å². The first-order chi connectivity index (χ1) is 15.7. The number of hydrogen-bond donors (Lipinski definition) is 1. The molecule has 3 aromatic rings. The van der Waals surface area contributed by atoms with E-state index in [9.17, 15) is 4.79 Å². The Kier molecular flexibility index (Phi) is 7.51. The zero-order valence-electron chi connectivity index (χ0n) is 18.6. The number of hydrogen-bond acceptors (Lipinski definition) is 4. The van der Waals surface area contributed by atoms with Gasteiger partial charge in [0.2, 0.25) is 5.91 Å². The number of nitrogens with one attached hydrogen (secondary N) is 1. The van der Waals surface area contributed by atoms with Gasteiger partial charge in [-0.2, -0.15) is 0 Å². The van der Waals surface area contributed by atoms with Gasteiger partial charge in [-0.25, -0.2) is 0 Å². The summed E-state index contributed by atoms with van der Waals surface area (Å²) in [7, 11) is 1.72. The topological polar surface area (TPSA) is 54.5 Å². The van der Waals surface area contributed by atoms with E-state index >= 15 is 0 Å². The predicted molar refractivity (Wildman–Crippen MR) is 126 cm³/mol. The Morgan fingerprint density at radius 3 is 2.47 bits per heavy atom. The zero-order chi connectivity index (χ0) is 22.2.